The van der Waals surface area contributed by atoms with Crippen LogP contribution < -0.4 is 0 Å². The average Bonchev–Trinajstić information content (AvgIpc) is 2.07. The Kier molecular flexibility index (Phi) is 21.7. The van der Waals surface area contributed by atoms with Gasteiger partial charge in [0.1, 0.15) is 0 Å². The maximum atomic E-state index is 6.94. The third kappa shape index (κ3) is 47.2. The van der Waals surface area contributed by atoms with Crippen LogP contribution in [-0.2, 0) is 21.7 Å². The van der Waals surface area contributed by atoms with Gasteiger partial charge in [-0.25, -0.2) is 12.2 Å². The SMILES string of the molecule is CC(C)(C)[NH-].[C-]1=CC=CC1.[CH3-].[CH3-].[Ti+4]. The fraction of sp³-hybridized carbons (Fsp3) is 0.455. The van der Waals surface area contributed by atoms with Crippen molar-refractivity contribution in [3.05, 3.63) is 44.9 Å². The number of hydrogen-bond acceptors (Lipinski definition) is 0. The van der Waals surface area contributed by atoms with E-state index in [-0.39, 0.29) is 42.1 Å². The Morgan fingerprint density at radius 2 is 1.62 bits per heavy atom. The Labute approximate surface area is 99.4 Å². The Bertz CT molecular complexity index is 116. The van der Waals surface area contributed by atoms with Gasteiger partial charge in [-0.1, -0.05) is 20.8 Å². The topological polar surface area (TPSA) is 23.8 Å². The minimum Gasteiger partial charge on any atom is -0.673 e. The Morgan fingerprint density at radius 1 is 1.23 bits per heavy atom. The van der Waals surface area contributed by atoms with Crippen LogP contribution in [0.2, 0.25) is 0 Å². The molecule has 74 valence electrons. The summed E-state index contributed by atoms with van der Waals surface area (Å²) in [7, 11) is 0. The summed E-state index contributed by atoms with van der Waals surface area (Å²) in [4.78, 5) is 0. The van der Waals surface area contributed by atoms with Crippen LogP contribution in [0.5, 0.6) is 0 Å². The van der Waals surface area contributed by atoms with Crippen LogP contribution in [-0.4, -0.2) is 5.54 Å². The molecule has 0 atom stereocenters. The molecule has 1 N–H and O–H groups in total. The molecular formula is C11H21NTi. The molecule has 0 saturated heterocycles. The second-order valence-corrected chi connectivity index (χ2v) is 3.25. The van der Waals surface area contributed by atoms with Gasteiger partial charge in [-0.15, -0.1) is 12.0 Å². The molecular weight excluding hydrogens is 194 g/mol. The van der Waals surface area contributed by atoms with Crippen LogP contribution in [0.25, 0.3) is 5.73 Å². The Hall–Kier alpha value is 0.154. The van der Waals surface area contributed by atoms with Crippen molar-refractivity contribution in [3.8, 4) is 0 Å². The fourth-order valence-electron chi connectivity index (χ4n) is 0.340. The molecule has 0 aromatic heterocycles. The standard InChI is InChI=1S/C5H5.C4H10N.2CH3.Ti/c1-2-4-5-3-1;1-4(2,3)5;;;/h1-3H,4H2;5H,1-3H3;2*1H3;/q4*-1;+4. The van der Waals surface area contributed by atoms with E-state index in [0.29, 0.717) is 0 Å². The summed E-state index contributed by atoms with van der Waals surface area (Å²) in [6, 6.07) is 0. The fourth-order valence-corrected chi connectivity index (χ4v) is 0.340. The predicted molar refractivity (Wildman–Crippen MR) is 58.5 cm³/mol. The summed E-state index contributed by atoms with van der Waals surface area (Å²) in [6.45, 7) is 5.56. The summed E-state index contributed by atoms with van der Waals surface area (Å²) in [6.07, 6.45) is 10.0. The van der Waals surface area contributed by atoms with Crippen molar-refractivity contribution in [1.82, 2.24) is 0 Å². The quantitative estimate of drug-likeness (QED) is 0.430. The van der Waals surface area contributed by atoms with E-state index in [0.717, 1.165) is 6.42 Å². The van der Waals surface area contributed by atoms with E-state index in [9.17, 15) is 0 Å². The number of nitrogens with one attached hydrogen (secondary N) is 1. The molecule has 1 rings (SSSR count). The van der Waals surface area contributed by atoms with Gasteiger partial charge < -0.3 is 20.6 Å². The molecule has 0 aromatic rings. The summed E-state index contributed by atoms with van der Waals surface area (Å²) in [5, 5.41) is 0. The molecule has 0 heterocycles. The molecule has 0 radical (unpaired) electrons. The predicted octanol–water partition coefficient (Wildman–Crippen LogP) is 4.04. The van der Waals surface area contributed by atoms with Crippen LogP contribution in [0.1, 0.15) is 27.2 Å². The van der Waals surface area contributed by atoms with Gasteiger partial charge in [-0.2, -0.15) is 6.08 Å². The van der Waals surface area contributed by atoms with Gasteiger partial charge >= 0.3 is 21.7 Å². The zero-order valence-electron chi connectivity index (χ0n) is 9.44. The summed E-state index contributed by atoms with van der Waals surface area (Å²) in [5.74, 6) is 0. The molecule has 0 unspecified atom stereocenters. The van der Waals surface area contributed by atoms with Crippen LogP contribution in [0.15, 0.2) is 18.2 Å². The Morgan fingerprint density at radius 3 is 1.69 bits per heavy atom. The van der Waals surface area contributed by atoms with Gasteiger partial charge in [0.15, 0.2) is 0 Å². The number of rotatable bonds is 0. The molecule has 0 aromatic carbocycles. The van der Waals surface area contributed by atoms with Crippen LogP contribution in [0, 0.1) is 20.9 Å². The average molecular weight is 215 g/mol. The first-order valence-corrected chi connectivity index (χ1v) is 3.47. The van der Waals surface area contributed by atoms with Crippen molar-refractivity contribution < 1.29 is 21.7 Å². The third-order valence-corrected chi connectivity index (χ3v) is 0.586. The van der Waals surface area contributed by atoms with Crippen molar-refractivity contribution in [1.29, 1.82) is 0 Å². The Balaban J connectivity index is -0.0000000506. The minimum atomic E-state index is -0.250. The van der Waals surface area contributed by atoms with E-state index in [1.165, 1.54) is 0 Å². The summed E-state index contributed by atoms with van der Waals surface area (Å²) < 4.78 is 0. The largest absolute Gasteiger partial charge is 4.00 e. The van der Waals surface area contributed by atoms with E-state index in [2.05, 4.69) is 12.2 Å². The second-order valence-electron chi connectivity index (χ2n) is 3.25. The minimum absolute atomic E-state index is 0. The zero-order chi connectivity index (χ0) is 8.04. The van der Waals surface area contributed by atoms with E-state index in [4.69, 9.17) is 5.73 Å². The first-order chi connectivity index (χ1) is 4.50. The van der Waals surface area contributed by atoms with E-state index in [1.54, 1.807) is 0 Å². The maximum absolute atomic E-state index is 6.94. The van der Waals surface area contributed by atoms with Gasteiger partial charge in [-0.05, 0) is 0 Å². The normalized spacial score (nSPS) is 11.4. The second kappa shape index (κ2) is 12.2. The first-order valence-electron chi connectivity index (χ1n) is 3.47. The smallest absolute Gasteiger partial charge is 0.673 e. The summed E-state index contributed by atoms with van der Waals surface area (Å²) >= 11 is 0. The van der Waals surface area contributed by atoms with Gasteiger partial charge in [0.2, 0.25) is 0 Å². The van der Waals surface area contributed by atoms with Crippen molar-refractivity contribution in [2.45, 2.75) is 32.7 Å². The molecule has 1 nitrogen and oxygen atoms in total. The molecule has 2 heteroatoms. The molecule has 13 heavy (non-hydrogen) atoms. The molecule has 0 fully saturated rings. The molecule has 0 bridgehead atoms. The first kappa shape index (κ1) is 23.2. The molecule has 1 aliphatic rings. The van der Waals surface area contributed by atoms with E-state index in [1.807, 2.05) is 32.9 Å². The van der Waals surface area contributed by atoms with Crippen LogP contribution in [0.3, 0.4) is 0 Å². The van der Waals surface area contributed by atoms with E-state index < -0.39 is 0 Å². The zero-order valence-corrected chi connectivity index (χ0v) is 11.0. The molecule has 0 aliphatic heterocycles. The van der Waals surface area contributed by atoms with Crippen molar-refractivity contribution in [2.24, 2.45) is 0 Å². The molecule has 1 aliphatic carbocycles. The van der Waals surface area contributed by atoms with Crippen LogP contribution in [0.4, 0.5) is 0 Å². The molecule has 0 saturated carbocycles. The van der Waals surface area contributed by atoms with Crippen molar-refractivity contribution in [2.75, 3.05) is 0 Å². The maximum Gasteiger partial charge on any atom is 4.00 e. The van der Waals surface area contributed by atoms with Crippen molar-refractivity contribution >= 4 is 0 Å². The number of allylic oxidation sites excluding steroid dienone is 4. The van der Waals surface area contributed by atoms with Crippen LogP contribution >= 0.6 is 0 Å². The van der Waals surface area contributed by atoms with Gasteiger partial charge in [-0.3, -0.25) is 6.08 Å². The third-order valence-electron chi connectivity index (χ3n) is 0.586. The molecule has 0 spiro atoms. The van der Waals surface area contributed by atoms with Gasteiger partial charge in [0.05, 0.1) is 0 Å². The van der Waals surface area contributed by atoms with Crippen molar-refractivity contribution in [3.63, 3.8) is 0 Å². The summed E-state index contributed by atoms with van der Waals surface area (Å²) in [5.41, 5.74) is 6.69. The van der Waals surface area contributed by atoms with Gasteiger partial charge in [0.25, 0.3) is 0 Å². The number of hydrogen-bond donors (Lipinski definition) is 0. The monoisotopic (exact) mass is 215 g/mol. The van der Waals surface area contributed by atoms with Gasteiger partial charge in [0, 0.05) is 0 Å². The molecule has 0 amide bonds. The van der Waals surface area contributed by atoms with E-state index >= 15 is 0 Å².